The largest absolute Gasteiger partial charge is 0.459 e. The molecule has 0 aromatic heterocycles. The average Bonchev–Trinajstić information content (AvgIpc) is 3.28. The lowest BCUT2D eigenvalue weighted by Gasteiger charge is -2.49. The Balaban J connectivity index is 1.66. The van der Waals surface area contributed by atoms with E-state index in [9.17, 15) is 70.6 Å². The molecule has 63 heavy (non-hydrogen) atoms. The molecule has 24 heteroatoms. The number of aliphatic hydroxyl groups excluding tert-OH is 11. The monoisotopic (exact) mass is 912 g/mol. The van der Waals surface area contributed by atoms with Gasteiger partial charge in [-0.1, -0.05) is 18.2 Å². The van der Waals surface area contributed by atoms with Crippen LogP contribution in [0.1, 0.15) is 41.5 Å². The summed E-state index contributed by atoms with van der Waals surface area (Å²) in [5, 5.41) is 119. The summed E-state index contributed by atoms with van der Waals surface area (Å²) >= 11 is 0. The Bertz CT molecular complexity index is 1620. The second kappa shape index (κ2) is 23.4. The molecule has 4 saturated heterocycles. The summed E-state index contributed by atoms with van der Waals surface area (Å²) < 4.78 is 56.1. The average molecular weight is 913 g/mol. The smallest absolute Gasteiger partial charge is 0.333 e. The molecule has 4 aliphatic heterocycles. The second-order valence-electron chi connectivity index (χ2n) is 15.3. The summed E-state index contributed by atoms with van der Waals surface area (Å²) in [5.41, 5.74) is 0.551. The minimum absolute atomic E-state index is 0.163. The quantitative estimate of drug-likeness (QED) is 0.0392. The Morgan fingerprint density at radius 1 is 0.413 bits per heavy atom. The third-order valence-corrected chi connectivity index (χ3v) is 11.1. The van der Waals surface area contributed by atoms with Gasteiger partial charge in [0.25, 0.3) is 0 Å². The third kappa shape index (κ3) is 12.4. The molecule has 4 aliphatic rings. The highest BCUT2D eigenvalue weighted by Gasteiger charge is 2.56. The van der Waals surface area contributed by atoms with E-state index in [-0.39, 0.29) is 16.7 Å². The molecule has 0 aromatic carbocycles. The van der Waals surface area contributed by atoms with Crippen LogP contribution in [0.15, 0.2) is 34.9 Å². The molecule has 0 bridgehead atoms. The van der Waals surface area contributed by atoms with Gasteiger partial charge >= 0.3 is 17.9 Å². The van der Waals surface area contributed by atoms with E-state index in [1.807, 2.05) is 0 Å². The van der Waals surface area contributed by atoms with Gasteiger partial charge in [-0.3, -0.25) is 0 Å². The number of esters is 3. The van der Waals surface area contributed by atoms with Gasteiger partial charge in [0, 0.05) is 16.7 Å². The maximum absolute atomic E-state index is 12.5. The molecule has 0 aromatic rings. The fourth-order valence-corrected chi connectivity index (χ4v) is 6.55. The summed E-state index contributed by atoms with van der Waals surface area (Å²) in [6, 6.07) is 0. The van der Waals surface area contributed by atoms with E-state index in [1.54, 1.807) is 20.8 Å². The summed E-state index contributed by atoms with van der Waals surface area (Å²) in [7, 11) is 0. The fourth-order valence-electron chi connectivity index (χ4n) is 6.55. The van der Waals surface area contributed by atoms with E-state index in [1.165, 1.54) is 39.0 Å². The van der Waals surface area contributed by atoms with Gasteiger partial charge in [0.2, 0.25) is 0 Å². The van der Waals surface area contributed by atoms with Crippen LogP contribution in [-0.4, -0.2) is 223 Å². The number of carbonyl (C=O) groups is 3. The van der Waals surface area contributed by atoms with Crippen LogP contribution < -0.4 is 0 Å². The lowest BCUT2D eigenvalue weighted by atomic mass is 9.96. The first-order valence-corrected chi connectivity index (χ1v) is 20.1. The molecule has 24 nitrogen and oxygen atoms in total. The number of hydrogen-bond acceptors (Lipinski definition) is 24. The molecular weight excluding hydrogens is 852 g/mol. The zero-order valence-electron chi connectivity index (χ0n) is 35.3. The third-order valence-electron chi connectivity index (χ3n) is 11.1. The highest BCUT2D eigenvalue weighted by molar-refractivity contribution is 5.88. The molecule has 4 fully saturated rings. The SMILES string of the molecule is CC=C(C)C(=O)OCC1OC(OC2C(OC3OC(COC(=O)C(C)=CC)C(O)C(O)C3OC3OC(COC(=O)C(C)=CC)C(O)C(O)C3O)OC(CO)C(O)C2O)C(O)C(O)C1O. The van der Waals surface area contributed by atoms with E-state index < -0.39 is 167 Å². The highest BCUT2D eigenvalue weighted by Crippen LogP contribution is 2.35. The summed E-state index contributed by atoms with van der Waals surface area (Å²) in [6.45, 7) is 6.03. The molecule has 360 valence electrons. The molecular formula is C39H60O24. The molecule has 0 aliphatic carbocycles. The molecule has 20 atom stereocenters. The van der Waals surface area contributed by atoms with E-state index >= 15 is 0 Å². The van der Waals surface area contributed by atoms with Gasteiger partial charge in [-0.05, 0) is 41.5 Å². The van der Waals surface area contributed by atoms with Crippen molar-refractivity contribution in [3.05, 3.63) is 34.9 Å². The van der Waals surface area contributed by atoms with Crippen LogP contribution in [0, 0.1) is 0 Å². The number of hydrogen-bond donors (Lipinski definition) is 11. The van der Waals surface area contributed by atoms with Gasteiger partial charge in [-0.25, -0.2) is 14.4 Å². The Hall–Kier alpha value is -3.09. The van der Waals surface area contributed by atoms with Gasteiger partial charge in [-0.2, -0.15) is 0 Å². The predicted octanol–water partition coefficient (Wildman–Crippen LogP) is -5.20. The first-order valence-electron chi connectivity index (χ1n) is 20.1. The molecule has 0 radical (unpaired) electrons. The van der Waals surface area contributed by atoms with Crippen molar-refractivity contribution in [1.82, 2.24) is 0 Å². The van der Waals surface area contributed by atoms with Crippen LogP contribution in [0.4, 0.5) is 0 Å². The number of rotatable bonds is 16. The van der Waals surface area contributed by atoms with Gasteiger partial charge in [0.15, 0.2) is 25.2 Å². The van der Waals surface area contributed by atoms with Crippen LogP contribution >= 0.6 is 0 Å². The summed E-state index contributed by atoms with van der Waals surface area (Å²) in [6.07, 6.45) is -34.2. The normalized spacial score (nSPS) is 41.8. The second-order valence-corrected chi connectivity index (χ2v) is 15.3. The molecule has 0 amide bonds. The number of ether oxygens (including phenoxy) is 10. The zero-order chi connectivity index (χ0) is 47.0. The van der Waals surface area contributed by atoms with Gasteiger partial charge in [-0.15, -0.1) is 0 Å². The van der Waals surface area contributed by atoms with Crippen molar-refractivity contribution < 1.29 is 118 Å². The summed E-state index contributed by atoms with van der Waals surface area (Å²) in [4.78, 5) is 37.1. The predicted molar refractivity (Wildman–Crippen MR) is 204 cm³/mol. The lowest BCUT2D eigenvalue weighted by molar-refractivity contribution is -0.414. The van der Waals surface area contributed by atoms with Crippen LogP contribution in [-0.2, 0) is 61.8 Å². The van der Waals surface area contributed by atoms with Crippen molar-refractivity contribution in [2.75, 3.05) is 26.4 Å². The minimum Gasteiger partial charge on any atom is -0.459 e. The lowest BCUT2D eigenvalue weighted by Crippen LogP contribution is -2.67. The Labute approximate surface area is 361 Å². The first kappa shape index (κ1) is 52.5. The van der Waals surface area contributed by atoms with Crippen molar-refractivity contribution in [2.24, 2.45) is 0 Å². The van der Waals surface area contributed by atoms with Crippen LogP contribution in [0.5, 0.6) is 0 Å². The van der Waals surface area contributed by atoms with Crippen molar-refractivity contribution in [2.45, 2.75) is 164 Å². The van der Waals surface area contributed by atoms with Gasteiger partial charge in [0.1, 0.15) is 117 Å². The first-order chi connectivity index (χ1) is 29.7. The van der Waals surface area contributed by atoms with Crippen molar-refractivity contribution in [1.29, 1.82) is 0 Å². The molecule has 4 rings (SSSR count). The summed E-state index contributed by atoms with van der Waals surface area (Å²) in [5.74, 6) is -2.44. The molecule has 0 saturated carbocycles. The number of carbonyl (C=O) groups excluding carboxylic acids is 3. The standard InChI is InChI=1S/C39H60O24/c1-7-14(4)33(51)54-11-18-22(42)25(45)29(49)36(58-18)61-31-27(47)21(41)17(10-40)57-38(31)63-39-32(28(48)24(44)20(60-39)13-56-35(53)16(6)9-3)62-37-30(50)26(46)23(43)19(59-37)12-55-34(52)15(5)8-2/h7-9,17-32,36-50H,10-13H2,1-6H3. The molecule has 0 spiro atoms. The minimum atomic E-state index is -2.12. The van der Waals surface area contributed by atoms with Crippen LogP contribution in [0.2, 0.25) is 0 Å². The fraction of sp³-hybridized carbons (Fsp3) is 0.769. The van der Waals surface area contributed by atoms with E-state index in [0.29, 0.717) is 0 Å². The van der Waals surface area contributed by atoms with Gasteiger partial charge < -0.3 is 104 Å². The maximum Gasteiger partial charge on any atom is 0.333 e. The van der Waals surface area contributed by atoms with Crippen molar-refractivity contribution in [3.63, 3.8) is 0 Å². The van der Waals surface area contributed by atoms with Crippen LogP contribution in [0.25, 0.3) is 0 Å². The number of aliphatic hydroxyl groups is 11. The Morgan fingerprint density at radius 3 is 1.02 bits per heavy atom. The Morgan fingerprint density at radius 2 is 0.698 bits per heavy atom. The van der Waals surface area contributed by atoms with Crippen molar-refractivity contribution in [3.8, 4) is 0 Å². The van der Waals surface area contributed by atoms with Crippen LogP contribution in [0.3, 0.4) is 0 Å². The number of allylic oxidation sites excluding steroid dienone is 3. The maximum atomic E-state index is 12.5. The van der Waals surface area contributed by atoms with Crippen molar-refractivity contribution >= 4 is 17.9 Å². The molecule has 20 unspecified atom stereocenters. The molecule has 4 heterocycles. The Kier molecular flexibility index (Phi) is 19.5. The van der Waals surface area contributed by atoms with Gasteiger partial charge in [0.05, 0.1) is 6.61 Å². The zero-order valence-corrected chi connectivity index (χ0v) is 35.3. The molecule has 11 N–H and O–H groups in total. The van der Waals surface area contributed by atoms with E-state index in [0.717, 1.165) is 0 Å². The van der Waals surface area contributed by atoms with E-state index in [4.69, 9.17) is 47.4 Å². The topological polar surface area (TPSA) is 366 Å². The van der Waals surface area contributed by atoms with E-state index in [2.05, 4.69) is 0 Å². The highest BCUT2D eigenvalue weighted by atomic mass is 16.8.